The smallest absolute Gasteiger partial charge is 0.136 e. The molecule has 2 heterocycles. The highest BCUT2D eigenvalue weighted by molar-refractivity contribution is 5.64. The van der Waals surface area contributed by atoms with Crippen LogP contribution in [0.5, 0.6) is 0 Å². The maximum absolute atomic E-state index is 5.08. The van der Waals surface area contributed by atoms with Crippen LogP contribution in [0.25, 0.3) is 0 Å². The zero-order valence-electron chi connectivity index (χ0n) is 23.3. The van der Waals surface area contributed by atoms with Crippen LogP contribution in [0.15, 0.2) is 0 Å². The molecule has 0 amide bonds. The van der Waals surface area contributed by atoms with E-state index in [0.29, 0.717) is 0 Å². The Kier molecular flexibility index (Phi) is 5.45. The van der Waals surface area contributed by atoms with Crippen molar-refractivity contribution in [2.75, 3.05) is 4.90 Å². The Labute approximate surface area is 197 Å². The molecule has 3 rings (SSSR count). The molecular weight excluding hydrogens is 390 g/mol. The fourth-order valence-electron chi connectivity index (χ4n) is 6.24. The first-order valence-electron chi connectivity index (χ1n) is 12.1. The molecule has 0 spiro atoms. The second kappa shape index (κ2) is 7.05. The van der Waals surface area contributed by atoms with Crippen molar-refractivity contribution in [2.45, 2.75) is 126 Å². The second-order valence-corrected chi connectivity index (χ2v) is 12.3. The van der Waals surface area contributed by atoms with Gasteiger partial charge in [0.25, 0.3) is 0 Å². The Morgan fingerprint density at radius 2 is 0.875 bits per heavy atom. The summed E-state index contributed by atoms with van der Waals surface area (Å²) >= 11 is 0. The normalized spacial score (nSPS) is 20.7. The van der Waals surface area contributed by atoms with Crippen LogP contribution < -0.4 is 4.90 Å². The van der Waals surface area contributed by atoms with Gasteiger partial charge in [-0.15, -0.1) is 0 Å². The van der Waals surface area contributed by atoms with Gasteiger partial charge in [0.15, 0.2) is 0 Å². The number of aryl methyl sites for hydroxylation is 2. The highest BCUT2D eigenvalue weighted by Crippen LogP contribution is 2.57. The number of rotatable bonds is 1. The first-order chi connectivity index (χ1) is 14.3. The minimum atomic E-state index is -0.199. The number of nitrogens with zero attached hydrogens (tertiary/aromatic N) is 3. The minimum Gasteiger partial charge on any atom is -0.344 e. The van der Waals surface area contributed by atoms with E-state index in [0.717, 1.165) is 17.3 Å². The third kappa shape index (κ3) is 2.92. The molecule has 176 valence electrons. The van der Waals surface area contributed by atoms with Crippen LogP contribution in [-0.4, -0.2) is 21.0 Å². The van der Waals surface area contributed by atoms with Gasteiger partial charge in [-0.2, -0.15) is 0 Å². The largest absolute Gasteiger partial charge is 0.344 e. The van der Waals surface area contributed by atoms with Crippen molar-refractivity contribution in [1.82, 2.24) is 9.97 Å². The predicted octanol–water partition coefficient (Wildman–Crippen LogP) is 7.27. The highest BCUT2D eigenvalue weighted by Gasteiger charge is 2.59. The van der Waals surface area contributed by atoms with Gasteiger partial charge in [0, 0.05) is 33.2 Å². The van der Waals surface area contributed by atoms with Crippen molar-refractivity contribution in [2.24, 2.45) is 0 Å². The van der Waals surface area contributed by atoms with Crippen LogP contribution in [-0.2, 0) is 10.8 Å². The molecule has 0 radical (unpaired) electrons. The van der Waals surface area contributed by atoms with Crippen LogP contribution in [0.2, 0.25) is 0 Å². The Balaban J connectivity index is 2.58. The van der Waals surface area contributed by atoms with E-state index in [1.807, 2.05) is 6.92 Å². The molecule has 0 aliphatic carbocycles. The predicted molar refractivity (Wildman–Crippen MR) is 138 cm³/mol. The molecule has 3 nitrogen and oxygen atoms in total. The molecule has 2 aromatic rings. The first kappa shape index (κ1) is 24.7. The summed E-state index contributed by atoms with van der Waals surface area (Å²) in [6.07, 6.45) is 0. The van der Waals surface area contributed by atoms with Crippen molar-refractivity contribution in [3.63, 3.8) is 0 Å². The maximum atomic E-state index is 5.08. The number of anilines is 1. The number of hydrogen-bond acceptors (Lipinski definition) is 3. The molecule has 0 unspecified atom stereocenters. The summed E-state index contributed by atoms with van der Waals surface area (Å²) in [5.41, 5.74) is 10.4. The summed E-state index contributed by atoms with van der Waals surface area (Å²) in [6, 6.07) is 0. The average Bonchev–Trinajstić information content (AvgIpc) is 2.67. The van der Waals surface area contributed by atoms with Gasteiger partial charge in [0.05, 0.1) is 0 Å². The van der Waals surface area contributed by atoms with E-state index in [4.69, 9.17) is 4.98 Å². The number of fused-ring (bicyclic) bond motifs is 1. The molecule has 3 heteroatoms. The Morgan fingerprint density at radius 3 is 1.25 bits per heavy atom. The Morgan fingerprint density at radius 1 is 0.500 bits per heavy atom. The van der Waals surface area contributed by atoms with Gasteiger partial charge >= 0.3 is 0 Å². The summed E-state index contributed by atoms with van der Waals surface area (Å²) in [4.78, 5) is 12.4. The van der Waals surface area contributed by atoms with Crippen molar-refractivity contribution < 1.29 is 0 Å². The molecule has 0 bridgehead atoms. The van der Waals surface area contributed by atoms with Crippen LogP contribution in [0.4, 0.5) is 5.82 Å². The summed E-state index contributed by atoms with van der Waals surface area (Å²) in [5, 5.41) is 0. The number of benzene rings is 1. The van der Waals surface area contributed by atoms with E-state index in [9.17, 15) is 0 Å². The van der Waals surface area contributed by atoms with Gasteiger partial charge < -0.3 is 4.90 Å². The summed E-state index contributed by atoms with van der Waals surface area (Å²) in [5.74, 6) is 1.91. The van der Waals surface area contributed by atoms with E-state index < -0.39 is 0 Å². The molecule has 0 fully saturated rings. The fraction of sp³-hybridized carbons (Fsp3) is 0.655. The van der Waals surface area contributed by atoms with Gasteiger partial charge in [-0.05, 0) is 110 Å². The third-order valence-corrected chi connectivity index (χ3v) is 9.80. The van der Waals surface area contributed by atoms with Gasteiger partial charge in [0.1, 0.15) is 11.6 Å². The molecule has 0 atom stereocenters. The minimum absolute atomic E-state index is 0.111. The lowest BCUT2D eigenvalue weighted by Crippen LogP contribution is -2.66. The fourth-order valence-corrected chi connectivity index (χ4v) is 6.24. The number of hydrogen-bond donors (Lipinski definition) is 0. The van der Waals surface area contributed by atoms with E-state index in [1.54, 1.807) is 0 Å². The van der Waals surface area contributed by atoms with Crippen molar-refractivity contribution >= 4 is 5.82 Å². The van der Waals surface area contributed by atoms with Crippen molar-refractivity contribution in [1.29, 1.82) is 0 Å². The van der Waals surface area contributed by atoms with Crippen LogP contribution in [0.3, 0.4) is 0 Å². The third-order valence-electron chi connectivity index (χ3n) is 9.80. The lowest BCUT2D eigenvalue weighted by Gasteiger charge is -2.58. The monoisotopic (exact) mass is 435 g/mol. The maximum Gasteiger partial charge on any atom is 0.136 e. The average molecular weight is 436 g/mol. The topological polar surface area (TPSA) is 29.0 Å². The molecule has 1 aliphatic heterocycles. The SMILES string of the molecule is Cc1nc(C)c(C)c(N2C(C)(C)C(C)(C)c3c(C)c(C)c(C)c(C)c3C(C)(C)C2(C)C)n1. The molecule has 32 heavy (non-hydrogen) atoms. The van der Waals surface area contributed by atoms with E-state index in [1.165, 1.54) is 38.9 Å². The van der Waals surface area contributed by atoms with Gasteiger partial charge in [-0.25, -0.2) is 9.97 Å². The molecular formula is C29H45N3. The standard InChI is InChI=1S/C29H45N3/c1-16-17(2)19(4)24-23(18(16)3)26(8,9)28(12,13)32(29(14,15)27(24,10)11)25-20(5)21(6)30-22(7)31-25/h1-15H3. The lowest BCUT2D eigenvalue weighted by molar-refractivity contribution is 0.200. The van der Waals surface area contributed by atoms with Crippen molar-refractivity contribution in [3.05, 3.63) is 50.5 Å². The van der Waals surface area contributed by atoms with E-state index in [2.05, 4.69) is 107 Å². The molecule has 0 saturated carbocycles. The summed E-state index contributed by atoms with van der Waals surface area (Å²) in [7, 11) is 0. The van der Waals surface area contributed by atoms with Gasteiger partial charge in [0.2, 0.25) is 0 Å². The first-order valence-corrected chi connectivity index (χ1v) is 12.1. The highest BCUT2D eigenvalue weighted by atomic mass is 15.3. The molecule has 0 N–H and O–H groups in total. The van der Waals surface area contributed by atoms with Crippen LogP contribution >= 0.6 is 0 Å². The lowest BCUT2D eigenvalue weighted by atomic mass is 9.62. The Bertz CT molecular complexity index is 1040. The van der Waals surface area contributed by atoms with Crippen LogP contribution in [0, 0.1) is 48.5 Å². The summed E-state index contributed by atoms with van der Waals surface area (Å²) < 4.78 is 0. The zero-order chi connectivity index (χ0) is 24.8. The van der Waals surface area contributed by atoms with Crippen LogP contribution in [0.1, 0.15) is 106 Å². The van der Waals surface area contributed by atoms with E-state index in [-0.39, 0.29) is 21.9 Å². The Hall–Kier alpha value is -1.90. The zero-order valence-corrected chi connectivity index (χ0v) is 23.3. The van der Waals surface area contributed by atoms with Crippen molar-refractivity contribution in [3.8, 4) is 0 Å². The van der Waals surface area contributed by atoms with Gasteiger partial charge in [-0.3, -0.25) is 0 Å². The molecule has 1 aromatic heterocycles. The number of aromatic nitrogens is 2. The summed E-state index contributed by atoms with van der Waals surface area (Å²) in [6.45, 7) is 35.0. The van der Waals surface area contributed by atoms with Gasteiger partial charge in [-0.1, -0.05) is 27.7 Å². The quantitative estimate of drug-likeness (QED) is 0.472. The molecule has 1 aliphatic rings. The van der Waals surface area contributed by atoms with E-state index >= 15 is 0 Å². The molecule has 1 aromatic carbocycles. The molecule has 0 saturated heterocycles. The second-order valence-electron chi connectivity index (χ2n) is 12.3.